The normalized spacial score (nSPS) is 15.8. The lowest BCUT2D eigenvalue weighted by atomic mass is 10.2. The first kappa shape index (κ1) is 28.2. The molecule has 1 aliphatic rings. The van der Waals surface area contributed by atoms with Crippen LogP contribution in [0.3, 0.4) is 0 Å². The first-order valence-corrected chi connectivity index (χ1v) is 12.8. The number of rotatable bonds is 10. The monoisotopic (exact) mass is 566 g/mol. The largest absolute Gasteiger partial charge is 0.493 e. The van der Waals surface area contributed by atoms with Crippen molar-refractivity contribution in [3.05, 3.63) is 70.1 Å². The van der Waals surface area contributed by atoms with E-state index < -0.39 is 23.0 Å². The maximum absolute atomic E-state index is 13.0. The number of ether oxygens (including phenoxy) is 2. The van der Waals surface area contributed by atoms with Crippen LogP contribution >= 0.6 is 11.8 Å². The predicted molar refractivity (Wildman–Crippen MR) is 150 cm³/mol. The van der Waals surface area contributed by atoms with Crippen molar-refractivity contribution in [2.45, 2.75) is 18.6 Å². The van der Waals surface area contributed by atoms with Gasteiger partial charge in [0.1, 0.15) is 10.9 Å². The number of amidine groups is 1. The Morgan fingerprint density at radius 1 is 1.18 bits per heavy atom. The van der Waals surface area contributed by atoms with Gasteiger partial charge in [0.25, 0.3) is 11.5 Å². The fourth-order valence-electron chi connectivity index (χ4n) is 3.81. The summed E-state index contributed by atoms with van der Waals surface area (Å²) in [5, 5.41) is 21.3. The highest BCUT2D eigenvalue weighted by atomic mass is 32.2. The number of benzene rings is 2. The molecule has 1 atom stereocenters. The lowest BCUT2D eigenvalue weighted by molar-refractivity contribution is -0.138. The molecule has 1 saturated heterocycles. The molecule has 0 bridgehead atoms. The number of nitrogens with zero attached hydrogens (tertiary/aromatic N) is 4. The van der Waals surface area contributed by atoms with Crippen molar-refractivity contribution in [3.8, 4) is 17.2 Å². The molecular weight excluding hydrogens is 540 g/mol. The molecule has 14 heteroatoms. The van der Waals surface area contributed by atoms with Gasteiger partial charge in [-0.15, -0.1) is 5.10 Å². The topological polar surface area (TPSA) is 166 Å². The molecule has 1 unspecified atom stereocenters. The molecule has 40 heavy (non-hydrogen) atoms. The van der Waals surface area contributed by atoms with E-state index in [2.05, 4.69) is 20.8 Å². The molecular formula is C26H26N6O7S. The maximum Gasteiger partial charge on any atom is 0.305 e. The zero-order chi connectivity index (χ0) is 28.8. The average molecular weight is 567 g/mol. The van der Waals surface area contributed by atoms with E-state index in [1.165, 1.54) is 18.0 Å². The van der Waals surface area contributed by atoms with Crippen molar-refractivity contribution < 1.29 is 29.0 Å². The van der Waals surface area contributed by atoms with Gasteiger partial charge >= 0.3 is 5.97 Å². The highest BCUT2D eigenvalue weighted by Crippen LogP contribution is 2.28. The smallest absolute Gasteiger partial charge is 0.305 e. The first-order chi connectivity index (χ1) is 19.2. The number of thioether (sulfide) groups is 1. The van der Waals surface area contributed by atoms with E-state index in [0.717, 1.165) is 11.8 Å². The van der Waals surface area contributed by atoms with Crippen molar-refractivity contribution in [3.63, 3.8) is 0 Å². The number of methoxy groups -OCH3 is 1. The molecule has 2 amide bonds. The fourth-order valence-corrected chi connectivity index (χ4v) is 4.72. The zero-order valence-corrected chi connectivity index (χ0v) is 22.6. The molecule has 1 aliphatic heterocycles. The molecule has 0 spiro atoms. The molecule has 2 heterocycles. The van der Waals surface area contributed by atoms with Crippen LogP contribution in [0.25, 0.3) is 5.69 Å². The Kier molecular flexibility index (Phi) is 8.69. The molecule has 1 fully saturated rings. The van der Waals surface area contributed by atoms with E-state index in [0.29, 0.717) is 28.4 Å². The molecule has 0 radical (unpaired) electrons. The van der Waals surface area contributed by atoms with Crippen LogP contribution < -0.4 is 25.7 Å². The van der Waals surface area contributed by atoms with Gasteiger partial charge in [-0.25, -0.2) is 4.68 Å². The second-order valence-electron chi connectivity index (χ2n) is 8.53. The molecule has 13 nitrogen and oxygen atoms in total. The number of nitrogens with one attached hydrogen (secondary N) is 2. The number of aliphatic carboxylic acids is 1. The Hall–Kier alpha value is -4.85. The highest BCUT2D eigenvalue weighted by molar-refractivity contribution is 8.15. The molecule has 0 saturated carbocycles. The summed E-state index contributed by atoms with van der Waals surface area (Å²) in [6, 6.07) is 14.0. The quantitative estimate of drug-likeness (QED) is 0.247. The van der Waals surface area contributed by atoms with Crippen molar-refractivity contribution in [1.29, 1.82) is 0 Å². The molecule has 4 rings (SSSR count). The molecule has 1 aromatic heterocycles. The molecule has 0 aliphatic carbocycles. The first-order valence-electron chi connectivity index (χ1n) is 11.9. The summed E-state index contributed by atoms with van der Waals surface area (Å²) in [6.07, 6.45) is 1.10. The number of aromatic nitrogens is 2. The number of amides is 2. The van der Waals surface area contributed by atoms with Crippen LogP contribution in [0.5, 0.6) is 11.5 Å². The number of para-hydroxylation sites is 1. The fraction of sp³-hybridized carbons (Fsp3) is 0.231. The van der Waals surface area contributed by atoms with Gasteiger partial charge in [0, 0.05) is 7.05 Å². The Morgan fingerprint density at radius 2 is 1.93 bits per heavy atom. The van der Waals surface area contributed by atoms with Crippen molar-refractivity contribution in [1.82, 2.24) is 14.7 Å². The van der Waals surface area contributed by atoms with Gasteiger partial charge in [0.2, 0.25) is 5.91 Å². The summed E-state index contributed by atoms with van der Waals surface area (Å²) in [6.45, 7) is 1.37. The van der Waals surface area contributed by atoms with E-state index in [-0.39, 0.29) is 29.4 Å². The van der Waals surface area contributed by atoms with E-state index in [4.69, 9.17) is 14.6 Å². The van der Waals surface area contributed by atoms with Crippen LogP contribution in [0.15, 0.2) is 63.5 Å². The number of hydrogen-bond donors (Lipinski definition) is 3. The minimum atomic E-state index is -1.08. The summed E-state index contributed by atoms with van der Waals surface area (Å²) in [4.78, 5) is 48.3. The Labute approximate surface area is 232 Å². The van der Waals surface area contributed by atoms with E-state index in [1.54, 1.807) is 49.0 Å². The average Bonchev–Trinajstić information content (AvgIpc) is 3.38. The van der Waals surface area contributed by atoms with Crippen molar-refractivity contribution >= 4 is 46.6 Å². The Balaban J connectivity index is 1.38. The second kappa shape index (κ2) is 12.3. The lowest BCUT2D eigenvalue weighted by Crippen LogP contribution is -2.26. The predicted octanol–water partition coefficient (Wildman–Crippen LogP) is 1.91. The van der Waals surface area contributed by atoms with E-state index in [1.807, 2.05) is 18.2 Å². The third-order valence-electron chi connectivity index (χ3n) is 5.86. The number of anilines is 1. The minimum Gasteiger partial charge on any atom is -0.493 e. The SMILES string of the molecule is COc1cc(C=NN=C2NC(=O)C(CC(=O)O)S2)ccc1OCC(=O)Nc1c(C)n(C)n(-c2ccccc2)c1=O. The van der Waals surface area contributed by atoms with Crippen LogP contribution in [-0.2, 0) is 21.4 Å². The number of carboxylic acid groups (broad SMARTS) is 1. The van der Waals surface area contributed by atoms with Crippen LogP contribution in [-0.4, -0.2) is 62.6 Å². The second-order valence-corrected chi connectivity index (χ2v) is 9.72. The standard InChI is InChI=1S/C26H26N6O7S/c1-15-23(25(37)32(31(15)2)17-7-5-4-6-8-17)28-21(33)14-39-18-10-9-16(11-19(18)38-3)13-27-30-26-29-24(36)20(40-26)12-22(34)35/h4-11,13,20H,12,14H2,1-3H3,(H,28,33)(H,34,35)(H,29,30,36). The van der Waals surface area contributed by atoms with Crippen LogP contribution in [0, 0.1) is 6.92 Å². The molecule has 208 valence electrons. The summed E-state index contributed by atoms with van der Waals surface area (Å²) in [7, 11) is 3.17. The van der Waals surface area contributed by atoms with Gasteiger partial charge in [0.15, 0.2) is 23.3 Å². The van der Waals surface area contributed by atoms with Crippen molar-refractivity contribution in [2.75, 3.05) is 19.0 Å². The zero-order valence-electron chi connectivity index (χ0n) is 21.8. The van der Waals surface area contributed by atoms with Gasteiger partial charge in [-0.1, -0.05) is 30.0 Å². The van der Waals surface area contributed by atoms with Gasteiger partial charge in [-0.05, 0) is 42.8 Å². The van der Waals surface area contributed by atoms with Gasteiger partial charge in [-0.3, -0.25) is 23.9 Å². The highest BCUT2D eigenvalue weighted by Gasteiger charge is 2.32. The van der Waals surface area contributed by atoms with E-state index in [9.17, 15) is 19.2 Å². The molecule has 2 aromatic carbocycles. The number of carbonyl (C=O) groups excluding carboxylic acids is 2. The third-order valence-corrected chi connectivity index (χ3v) is 6.93. The minimum absolute atomic E-state index is 0.158. The van der Waals surface area contributed by atoms with E-state index >= 15 is 0 Å². The number of hydrogen-bond acceptors (Lipinski definition) is 9. The van der Waals surface area contributed by atoms with Crippen molar-refractivity contribution in [2.24, 2.45) is 17.3 Å². The van der Waals surface area contributed by atoms with Gasteiger partial charge in [0.05, 0.1) is 31.1 Å². The van der Waals surface area contributed by atoms with Crippen LogP contribution in [0.4, 0.5) is 5.69 Å². The van der Waals surface area contributed by atoms with Gasteiger partial charge in [-0.2, -0.15) is 5.10 Å². The maximum atomic E-state index is 13.0. The molecule has 3 N–H and O–H groups in total. The summed E-state index contributed by atoms with van der Waals surface area (Å²) in [5.41, 5.74) is 1.64. The third kappa shape index (κ3) is 6.40. The molecule has 3 aromatic rings. The number of carboxylic acids is 1. The summed E-state index contributed by atoms with van der Waals surface area (Å²) >= 11 is 0.995. The Bertz CT molecular complexity index is 1560. The lowest BCUT2D eigenvalue weighted by Gasteiger charge is -2.11. The summed E-state index contributed by atoms with van der Waals surface area (Å²) in [5.74, 6) is -1.41. The Morgan fingerprint density at radius 3 is 2.62 bits per heavy atom. The summed E-state index contributed by atoms with van der Waals surface area (Å²) < 4.78 is 14.1. The number of carbonyl (C=O) groups is 3. The van der Waals surface area contributed by atoms with Gasteiger partial charge < -0.3 is 25.2 Å². The van der Waals surface area contributed by atoms with Crippen LogP contribution in [0.2, 0.25) is 0 Å². The van der Waals surface area contributed by atoms with Crippen LogP contribution in [0.1, 0.15) is 17.7 Å².